The van der Waals surface area contributed by atoms with Gasteiger partial charge in [0.2, 0.25) is 0 Å². The maximum atomic E-state index is 5.74. The summed E-state index contributed by atoms with van der Waals surface area (Å²) >= 11 is 1.81. The quantitative estimate of drug-likeness (QED) is 0.706. The molecule has 1 aromatic carbocycles. The lowest BCUT2D eigenvalue weighted by atomic mass is 10.1. The van der Waals surface area contributed by atoms with Crippen molar-refractivity contribution in [3.05, 3.63) is 39.6 Å². The van der Waals surface area contributed by atoms with Crippen LogP contribution in [0.25, 0.3) is 11.1 Å². The van der Waals surface area contributed by atoms with E-state index < -0.39 is 0 Å². The largest absolute Gasteiger partial charge is 0.423 e. The molecule has 0 bridgehead atoms. The monoisotopic (exact) mass is 287 g/mol. The molecule has 0 fully saturated rings. The van der Waals surface area contributed by atoms with E-state index >= 15 is 0 Å². The number of benzene rings is 1. The zero-order chi connectivity index (χ0) is 14.3. The van der Waals surface area contributed by atoms with Crippen LogP contribution in [0.3, 0.4) is 0 Å². The number of hydrogen-bond donors (Lipinski definition) is 2. The second-order valence-electron chi connectivity index (χ2n) is 4.98. The maximum absolute atomic E-state index is 5.74. The number of oxazole rings is 1. The predicted octanol–water partition coefficient (Wildman–Crippen LogP) is 4.26. The first-order chi connectivity index (χ1) is 9.52. The van der Waals surface area contributed by atoms with Gasteiger partial charge < -0.3 is 15.5 Å². The van der Waals surface area contributed by atoms with Gasteiger partial charge in [-0.05, 0) is 44.5 Å². The summed E-state index contributed by atoms with van der Waals surface area (Å²) < 4.78 is 5.69. The van der Waals surface area contributed by atoms with E-state index in [9.17, 15) is 0 Å². The molecular weight excluding hydrogens is 270 g/mol. The lowest BCUT2D eigenvalue weighted by Gasteiger charge is -2.11. The van der Waals surface area contributed by atoms with Gasteiger partial charge in [0.15, 0.2) is 5.58 Å². The molecule has 5 heteroatoms. The molecule has 0 amide bonds. The molecule has 0 saturated heterocycles. The number of nitrogens with two attached hydrogens (primary N) is 1. The molecule has 0 aliphatic carbocycles. The van der Waals surface area contributed by atoms with Crippen molar-refractivity contribution in [1.82, 2.24) is 4.98 Å². The third kappa shape index (κ3) is 2.36. The van der Waals surface area contributed by atoms with Crippen molar-refractivity contribution in [2.75, 3.05) is 11.1 Å². The summed E-state index contributed by atoms with van der Waals surface area (Å²) in [6.45, 7) is 6.37. The van der Waals surface area contributed by atoms with Gasteiger partial charge in [-0.1, -0.05) is 0 Å². The van der Waals surface area contributed by atoms with Crippen molar-refractivity contribution < 1.29 is 4.42 Å². The topological polar surface area (TPSA) is 64.1 Å². The number of nitrogens with one attached hydrogen (secondary N) is 1. The number of fused-ring (bicyclic) bond motifs is 1. The van der Waals surface area contributed by atoms with Crippen molar-refractivity contribution >= 4 is 34.1 Å². The van der Waals surface area contributed by atoms with Gasteiger partial charge >= 0.3 is 0 Å². The Kier molecular flexibility index (Phi) is 3.14. The van der Waals surface area contributed by atoms with E-state index in [1.54, 1.807) is 6.07 Å². The van der Waals surface area contributed by atoms with Crippen molar-refractivity contribution in [3.63, 3.8) is 0 Å². The smallest absolute Gasteiger partial charge is 0.296 e. The third-order valence-corrected chi connectivity index (χ3v) is 4.28. The van der Waals surface area contributed by atoms with Crippen LogP contribution in [0.2, 0.25) is 0 Å². The van der Waals surface area contributed by atoms with Gasteiger partial charge in [0.25, 0.3) is 6.01 Å². The summed E-state index contributed by atoms with van der Waals surface area (Å²) in [5.74, 6) is 0. The van der Waals surface area contributed by atoms with Crippen molar-refractivity contribution in [2.24, 2.45) is 0 Å². The van der Waals surface area contributed by atoms with E-state index in [0.717, 1.165) is 5.52 Å². The Labute approximate surface area is 121 Å². The highest BCUT2D eigenvalue weighted by Crippen LogP contribution is 2.29. The molecule has 3 aromatic rings. The van der Waals surface area contributed by atoms with Gasteiger partial charge in [-0.25, -0.2) is 0 Å². The van der Waals surface area contributed by atoms with Gasteiger partial charge in [-0.2, -0.15) is 4.98 Å². The molecule has 2 aromatic heterocycles. The lowest BCUT2D eigenvalue weighted by Crippen LogP contribution is -2.06. The Balaban J connectivity index is 1.87. The molecule has 20 heavy (non-hydrogen) atoms. The average molecular weight is 287 g/mol. The minimum absolute atomic E-state index is 0.158. The molecular formula is C15H17N3OS. The maximum Gasteiger partial charge on any atom is 0.296 e. The van der Waals surface area contributed by atoms with Gasteiger partial charge in [-0.3, -0.25) is 0 Å². The molecule has 0 aliphatic rings. The summed E-state index contributed by atoms with van der Waals surface area (Å²) in [6, 6.07) is 8.37. The highest BCUT2D eigenvalue weighted by molar-refractivity contribution is 7.12. The Hall–Kier alpha value is -2.01. The van der Waals surface area contributed by atoms with Gasteiger partial charge in [0.1, 0.15) is 5.52 Å². The minimum atomic E-state index is 0.158. The van der Waals surface area contributed by atoms with Crippen LogP contribution in [0.5, 0.6) is 0 Å². The van der Waals surface area contributed by atoms with Gasteiger partial charge in [-0.15, -0.1) is 11.3 Å². The van der Waals surface area contributed by atoms with Crippen LogP contribution in [-0.2, 0) is 0 Å². The van der Waals surface area contributed by atoms with Crippen LogP contribution < -0.4 is 11.1 Å². The zero-order valence-electron chi connectivity index (χ0n) is 11.7. The number of rotatable bonds is 3. The lowest BCUT2D eigenvalue weighted by molar-refractivity contribution is 0.604. The standard InChI is InChI=1S/C15H17N3OS/c1-8-6-12(10(3)20-8)9(2)17-15-18-13-5-4-11(16)7-14(13)19-15/h4-7,9H,16H2,1-3H3,(H,17,18). The summed E-state index contributed by atoms with van der Waals surface area (Å²) in [5.41, 5.74) is 9.22. The Morgan fingerprint density at radius 2 is 2.10 bits per heavy atom. The molecule has 0 spiro atoms. The van der Waals surface area contributed by atoms with E-state index in [2.05, 4.69) is 37.1 Å². The number of aryl methyl sites for hydroxylation is 2. The van der Waals surface area contributed by atoms with Crippen LogP contribution in [0.15, 0.2) is 28.7 Å². The molecule has 3 N–H and O–H groups in total. The number of hydrogen-bond acceptors (Lipinski definition) is 5. The number of thiophene rings is 1. The molecule has 0 radical (unpaired) electrons. The van der Waals surface area contributed by atoms with E-state index in [4.69, 9.17) is 10.2 Å². The first-order valence-electron chi connectivity index (χ1n) is 6.52. The molecule has 0 aliphatic heterocycles. The highest BCUT2D eigenvalue weighted by atomic mass is 32.1. The van der Waals surface area contributed by atoms with Crippen LogP contribution in [0.4, 0.5) is 11.7 Å². The van der Waals surface area contributed by atoms with Crippen molar-refractivity contribution in [2.45, 2.75) is 26.8 Å². The van der Waals surface area contributed by atoms with Crippen molar-refractivity contribution in [3.8, 4) is 0 Å². The molecule has 4 nitrogen and oxygen atoms in total. The molecule has 104 valence electrons. The Bertz CT molecular complexity index is 760. The summed E-state index contributed by atoms with van der Waals surface area (Å²) in [5, 5.41) is 3.31. The minimum Gasteiger partial charge on any atom is -0.423 e. The predicted molar refractivity (Wildman–Crippen MR) is 84.3 cm³/mol. The molecule has 0 saturated carbocycles. The normalized spacial score (nSPS) is 12.8. The second kappa shape index (κ2) is 4.83. The van der Waals surface area contributed by atoms with E-state index in [1.807, 2.05) is 23.5 Å². The Morgan fingerprint density at radius 3 is 2.80 bits per heavy atom. The summed E-state index contributed by atoms with van der Waals surface area (Å²) in [7, 11) is 0. The molecule has 1 atom stereocenters. The summed E-state index contributed by atoms with van der Waals surface area (Å²) in [6.07, 6.45) is 0. The van der Waals surface area contributed by atoms with Crippen LogP contribution >= 0.6 is 11.3 Å². The van der Waals surface area contributed by atoms with Crippen LogP contribution in [0, 0.1) is 13.8 Å². The van der Waals surface area contributed by atoms with Gasteiger partial charge in [0, 0.05) is 21.5 Å². The van der Waals surface area contributed by atoms with E-state index in [1.165, 1.54) is 15.3 Å². The Morgan fingerprint density at radius 1 is 1.30 bits per heavy atom. The van der Waals surface area contributed by atoms with E-state index in [-0.39, 0.29) is 6.04 Å². The first kappa shape index (κ1) is 13.0. The van der Waals surface area contributed by atoms with Gasteiger partial charge in [0.05, 0.1) is 6.04 Å². The number of anilines is 2. The fourth-order valence-electron chi connectivity index (χ4n) is 2.35. The fourth-order valence-corrected chi connectivity index (χ4v) is 3.37. The second-order valence-corrected chi connectivity index (χ2v) is 6.44. The first-order valence-corrected chi connectivity index (χ1v) is 7.34. The highest BCUT2D eigenvalue weighted by Gasteiger charge is 2.14. The van der Waals surface area contributed by atoms with E-state index in [0.29, 0.717) is 17.3 Å². The number of aromatic nitrogens is 1. The molecule has 3 rings (SSSR count). The van der Waals surface area contributed by atoms with Crippen LogP contribution in [-0.4, -0.2) is 4.98 Å². The summed E-state index contributed by atoms with van der Waals surface area (Å²) in [4.78, 5) is 7.06. The zero-order valence-corrected chi connectivity index (χ0v) is 12.5. The van der Waals surface area contributed by atoms with Crippen molar-refractivity contribution in [1.29, 1.82) is 0 Å². The SMILES string of the molecule is Cc1cc(C(C)Nc2nc3ccc(N)cc3o2)c(C)s1. The number of nitrogens with zero attached hydrogens (tertiary/aromatic N) is 1. The average Bonchev–Trinajstić information content (AvgIpc) is 2.91. The fraction of sp³-hybridized carbons (Fsp3) is 0.267. The molecule has 1 unspecified atom stereocenters. The number of nitrogen functional groups attached to an aromatic ring is 1. The van der Waals surface area contributed by atoms with Crippen LogP contribution in [0.1, 0.15) is 28.3 Å². The third-order valence-electron chi connectivity index (χ3n) is 3.30. The molecule has 2 heterocycles.